The molecule has 0 aromatic heterocycles. The largest absolute Gasteiger partial charge is 0.478 e. The molecule has 0 spiro atoms. The molecule has 0 saturated carbocycles. The SMILES string of the molecule is Cc1cccc(C(=O)O)c1[N+](=O)[O-].O=C(O)c1ccc([N+](=O)[O-])cc1. The molecule has 0 heterocycles. The summed E-state index contributed by atoms with van der Waals surface area (Å²) in [6.45, 7) is 1.50. The van der Waals surface area contributed by atoms with Crippen molar-refractivity contribution >= 4 is 23.3 Å². The van der Waals surface area contributed by atoms with Crippen LogP contribution in [-0.2, 0) is 0 Å². The Morgan fingerprint density at radius 3 is 1.80 bits per heavy atom. The summed E-state index contributed by atoms with van der Waals surface area (Å²) in [5, 5.41) is 37.7. The quantitative estimate of drug-likeness (QED) is 0.629. The molecule has 0 fully saturated rings. The van der Waals surface area contributed by atoms with Crippen molar-refractivity contribution < 1.29 is 29.6 Å². The van der Waals surface area contributed by atoms with E-state index in [1.54, 1.807) is 0 Å². The topological polar surface area (TPSA) is 161 Å². The monoisotopic (exact) mass is 348 g/mol. The highest BCUT2D eigenvalue weighted by molar-refractivity contribution is 5.93. The molecule has 0 aliphatic rings. The summed E-state index contributed by atoms with van der Waals surface area (Å²) in [4.78, 5) is 40.3. The Morgan fingerprint density at radius 1 is 0.880 bits per heavy atom. The number of carboxylic acids is 2. The molecule has 0 bridgehead atoms. The Bertz CT molecular complexity index is 797. The number of carboxylic acid groups (broad SMARTS) is 2. The molecule has 0 amide bonds. The van der Waals surface area contributed by atoms with Crippen LogP contribution < -0.4 is 0 Å². The summed E-state index contributed by atoms with van der Waals surface area (Å²) < 4.78 is 0. The van der Waals surface area contributed by atoms with Crippen LogP contribution in [-0.4, -0.2) is 32.0 Å². The van der Waals surface area contributed by atoms with Gasteiger partial charge in [0.1, 0.15) is 5.56 Å². The van der Waals surface area contributed by atoms with Crippen molar-refractivity contribution in [3.8, 4) is 0 Å². The van der Waals surface area contributed by atoms with E-state index >= 15 is 0 Å². The van der Waals surface area contributed by atoms with Gasteiger partial charge in [0.15, 0.2) is 0 Å². The highest BCUT2D eigenvalue weighted by Crippen LogP contribution is 2.22. The fraction of sp³-hybridized carbons (Fsp3) is 0.0667. The molecule has 0 unspecified atom stereocenters. The second-order valence-electron chi connectivity index (χ2n) is 4.64. The normalized spacial score (nSPS) is 9.48. The third-order valence-corrected chi connectivity index (χ3v) is 2.98. The van der Waals surface area contributed by atoms with Crippen LogP contribution in [0.4, 0.5) is 11.4 Å². The van der Waals surface area contributed by atoms with E-state index in [-0.39, 0.29) is 22.5 Å². The molecule has 25 heavy (non-hydrogen) atoms. The van der Waals surface area contributed by atoms with E-state index < -0.39 is 21.8 Å². The number of nitro groups is 2. The van der Waals surface area contributed by atoms with Crippen molar-refractivity contribution in [2.24, 2.45) is 0 Å². The number of nitrogens with zero attached hydrogens (tertiary/aromatic N) is 2. The highest BCUT2D eigenvalue weighted by atomic mass is 16.6. The molecule has 0 aliphatic heterocycles. The van der Waals surface area contributed by atoms with Gasteiger partial charge in [0.2, 0.25) is 0 Å². The van der Waals surface area contributed by atoms with Gasteiger partial charge >= 0.3 is 11.9 Å². The second kappa shape index (κ2) is 8.15. The molecule has 0 aliphatic carbocycles. The van der Waals surface area contributed by atoms with Crippen molar-refractivity contribution in [1.29, 1.82) is 0 Å². The van der Waals surface area contributed by atoms with E-state index in [4.69, 9.17) is 10.2 Å². The van der Waals surface area contributed by atoms with Gasteiger partial charge < -0.3 is 10.2 Å². The van der Waals surface area contributed by atoms with Gasteiger partial charge in [-0.2, -0.15) is 0 Å². The minimum absolute atomic E-state index is 0.0422. The fourth-order valence-corrected chi connectivity index (χ4v) is 1.80. The van der Waals surface area contributed by atoms with Gasteiger partial charge in [-0.3, -0.25) is 20.2 Å². The zero-order chi connectivity index (χ0) is 19.1. The van der Waals surface area contributed by atoms with E-state index in [2.05, 4.69) is 0 Å². The van der Waals surface area contributed by atoms with Gasteiger partial charge in [0.05, 0.1) is 15.4 Å². The number of rotatable bonds is 4. The van der Waals surface area contributed by atoms with E-state index in [0.717, 1.165) is 12.1 Å². The number of benzene rings is 2. The lowest BCUT2D eigenvalue weighted by Crippen LogP contribution is -2.03. The van der Waals surface area contributed by atoms with Crippen LogP contribution in [0.3, 0.4) is 0 Å². The zero-order valence-corrected chi connectivity index (χ0v) is 12.8. The Kier molecular flexibility index (Phi) is 6.27. The van der Waals surface area contributed by atoms with Crippen LogP contribution in [0.5, 0.6) is 0 Å². The minimum atomic E-state index is -1.28. The molecule has 0 saturated heterocycles. The molecule has 130 valence electrons. The maximum absolute atomic E-state index is 10.6. The Labute approximate surface area is 140 Å². The van der Waals surface area contributed by atoms with Crippen molar-refractivity contribution in [3.63, 3.8) is 0 Å². The summed E-state index contributed by atoms with van der Waals surface area (Å²) in [6, 6.07) is 8.90. The van der Waals surface area contributed by atoms with Gasteiger partial charge in [-0.05, 0) is 25.1 Å². The number of non-ortho nitro benzene ring substituents is 1. The summed E-state index contributed by atoms with van der Waals surface area (Å²) in [5.41, 5.74) is -0.328. The van der Waals surface area contributed by atoms with Crippen molar-refractivity contribution in [3.05, 3.63) is 79.4 Å². The third-order valence-electron chi connectivity index (χ3n) is 2.98. The first-order chi connectivity index (χ1) is 11.6. The number of aromatic carboxylic acids is 2. The first kappa shape index (κ1) is 19.2. The Balaban J connectivity index is 0.000000251. The molecule has 2 aromatic carbocycles. The van der Waals surface area contributed by atoms with Gasteiger partial charge in [-0.1, -0.05) is 12.1 Å². The molecular formula is C15H12N2O8. The number of hydrogen-bond acceptors (Lipinski definition) is 6. The molecule has 2 N–H and O–H groups in total. The number of para-hydroxylation sites is 1. The van der Waals surface area contributed by atoms with Crippen LogP contribution in [0.1, 0.15) is 26.3 Å². The molecule has 2 aromatic rings. The minimum Gasteiger partial charge on any atom is -0.478 e. The standard InChI is InChI=1S/C8H7NO4.C7H5NO4/c1-5-3-2-4-6(8(10)11)7(5)9(12)13;9-7(10)5-1-3-6(4-2-5)8(11)12/h2-4H,1H3,(H,10,11);1-4H,(H,9,10). The third kappa shape index (κ3) is 5.10. The predicted molar refractivity (Wildman–Crippen MR) is 84.8 cm³/mol. The van der Waals surface area contributed by atoms with Gasteiger partial charge in [0, 0.05) is 17.7 Å². The number of carbonyl (C=O) groups is 2. The highest BCUT2D eigenvalue weighted by Gasteiger charge is 2.21. The molecule has 0 atom stereocenters. The summed E-state index contributed by atoms with van der Waals surface area (Å²) in [5.74, 6) is -2.37. The van der Waals surface area contributed by atoms with Crippen LogP contribution >= 0.6 is 0 Å². The lowest BCUT2D eigenvalue weighted by Gasteiger charge is -1.99. The smallest absolute Gasteiger partial charge is 0.342 e. The Morgan fingerprint density at radius 2 is 1.44 bits per heavy atom. The maximum atomic E-state index is 10.6. The molecule has 10 nitrogen and oxygen atoms in total. The van der Waals surface area contributed by atoms with Gasteiger partial charge in [-0.25, -0.2) is 9.59 Å². The van der Waals surface area contributed by atoms with Crippen LogP contribution in [0.25, 0.3) is 0 Å². The predicted octanol–water partition coefficient (Wildman–Crippen LogP) is 2.89. The van der Waals surface area contributed by atoms with E-state index in [1.165, 1.54) is 37.3 Å². The van der Waals surface area contributed by atoms with Crippen LogP contribution in [0, 0.1) is 27.2 Å². The average Bonchev–Trinajstić information content (AvgIpc) is 2.54. The van der Waals surface area contributed by atoms with Crippen LogP contribution in [0.15, 0.2) is 42.5 Å². The number of hydrogen-bond donors (Lipinski definition) is 2. The lowest BCUT2D eigenvalue weighted by molar-refractivity contribution is -0.385. The summed E-state index contributed by atoms with van der Waals surface area (Å²) >= 11 is 0. The first-order valence-electron chi connectivity index (χ1n) is 6.60. The number of aryl methyl sites for hydroxylation is 1. The lowest BCUT2D eigenvalue weighted by atomic mass is 10.1. The van der Waals surface area contributed by atoms with Gasteiger partial charge in [-0.15, -0.1) is 0 Å². The molecular weight excluding hydrogens is 336 g/mol. The van der Waals surface area contributed by atoms with E-state index in [9.17, 15) is 29.8 Å². The van der Waals surface area contributed by atoms with Crippen molar-refractivity contribution in [1.82, 2.24) is 0 Å². The summed E-state index contributed by atoms with van der Waals surface area (Å²) in [6.07, 6.45) is 0. The van der Waals surface area contributed by atoms with Gasteiger partial charge in [0.25, 0.3) is 11.4 Å². The van der Waals surface area contributed by atoms with E-state index in [1.807, 2.05) is 0 Å². The molecule has 2 rings (SSSR count). The number of nitro benzene ring substituents is 2. The zero-order valence-electron chi connectivity index (χ0n) is 12.8. The first-order valence-corrected chi connectivity index (χ1v) is 6.60. The Hall–Kier alpha value is -3.82. The van der Waals surface area contributed by atoms with Crippen molar-refractivity contribution in [2.45, 2.75) is 6.92 Å². The second-order valence-corrected chi connectivity index (χ2v) is 4.64. The average molecular weight is 348 g/mol. The maximum Gasteiger partial charge on any atom is 0.342 e. The summed E-state index contributed by atoms with van der Waals surface area (Å²) in [7, 11) is 0. The van der Waals surface area contributed by atoms with E-state index in [0.29, 0.717) is 5.56 Å². The van der Waals surface area contributed by atoms with Crippen molar-refractivity contribution in [2.75, 3.05) is 0 Å². The molecule has 0 radical (unpaired) electrons. The molecule has 10 heteroatoms. The van der Waals surface area contributed by atoms with Crippen LogP contribution in [0.2, 0.25) is 0 Å². The fourth-order valence-electron chi connectivity index (χ4n) is 1.80.